The van der Waals surface area contributed by atoms with Crippen molar-refractivity contribution in [2.75, 3.05) is 18.0 Å². The van der Waals surface area contributed by atoms with E-state index in [9.17, 15) is 4.79 Å². The van der Waals surface area contributed by atoms with Gasteiger partial charge >= 0.3 is 0 Å². The Kier molecular flexibility index (Phi) is 7.70. The molecule has 0 aliphatic carbocycles. The zero-order chi connectivity index (χ0) is 16.3. The summed E-state index contributed by atoms with van der Waals surface area (Å²) in [5, 5.41) is 3.98. The lowest BCUT2D eigenvalue weighted by molar-refractivity contribution is -0.121. The second kappa shape index (κ2) is 10.1. The summed E-state index contributed by atoms with van der Waals surface area (Å²) in [5.41, 5.74) is 2.57. The van der Waals surface area contributed by atoms with Crippen molar-refractivity contribution >= 4 is 18.0 Å². The van der Waals surface area contributed by atoms with E-state index in [4.69, 9.17) is 4.42 Å². The lowest BCUT2D eigenvalue weighted by Crippen LogP contribution is -2.28. The molecule has 5 heteroatoms. The van der Waals surface area contributed by atoms with Crippen LogP contribution in [-0.2, 0) is 4.79 Å². The highest BCUT2D eigenvalue weighted by atomic mass is 16.4. The SMILES string of the molecule is CCCCCCCC(=O)N/N=C\c1ccc(N2CCCCC2)o1. The Balaban J connectivity index is 1.67. The van der Waals surface area contributed by atoms with Crippen molar-refractivity contribution in [3.63, 3.8) is 0 Å². The smallest absolute Gasteiger partial charge is 0.240 e. The first kappa shape index (κ1) is 17.6. The van der Waals surface area contributed by atoms with Gasteiger partial charge in [0.2, 0.25) is 5.91 Å². The van der Waals surface area contributed by atoms with Gasteiger partial charge in [0.25, 0.3) is 0 Å². The number of amides is 1. The van der Waals surface area contributed by atoms with Crippen LogP contribution in [0.3, 0.4) is 0 Å². The van der Waals surface area contributed by atoms with E-state index < -0.39 is 0 Å². The van der Waals surface area contributed by atoms with Crippen molar-refractivity contribution in [1.29, 1.82) is 0 Å². The summed E-state index contributed by atoms with van der Waals surface area (Å²) < 4.78 is 5.76. The number of carbonyl (C=O) groups excluding carboxylic acids is 1. The second-order valence-electron chi connectivity index (χ2n) is 6.18. The van der Waals surface area contributed by atoms with Crippen LogP contribution in [0.1, 0.15) is 70.5 Å². The van der Waals surface area contributed by atoms with Gasteiger partial charge in [0.1, 0.15) is 5.76 Å². The van der Waals surface area contributed by atoms with E-state index >= 15 is 0 Å². The summed E-state index contributed by atoms with van der Waals surface area (Å²) in [6.45, 7) is 4.30. The van der Waals surface area contributed by atoms with Gasteiger partial charge in [0.05, 0.1) is 6.21 Å². The quantitative estimate of drug-likeness (QED) is 0.424. The number of rotatable bonds is 9. The molecule has 1 saturated heterocycles. The van der Waals surface area contributed by atoms with Gasteiger partial charge < -0.3 is 9.32 Å². The maximum Gasteiger partial charge on any atom is 0.240 e. The molecule has 0 spiro atoms. The fourth-order valence-electron chi connectivity index (χ4n) is 2.81. The molecule has 1 aromatic heterocycles. The molecule has 2 heterocycles. The van der Waals surface area contributed by atoms with Gasteiger partial charge in [0.15, 0.2) is 5.88 Å². The molecule has 1 aliphatic rings. The first-order chi connectivity index (χ1) is 11.3. The van der Waals surface area contributed by atoms with Crippen molar-refractivity contribution in [1.82, 2.24) is 5.43 Å². The molecule has 0 bridgehead atoms. The Hall–Kier alpha value is -1.78. The lowest BCUT2D eigenvalue weighted by Gasteiger charge is -2.25. The topological polar surface area (TPSA) is 57.8 Å². The zero-order valence-corrected chi connectivity index (χ0v) is 14.2. The summed E-state index contributed by atoms with van der Waals surface area (Å²) in [5.74, 6) is 1.54. The predicted molar refractivity (Wildman–Crippen MR) is 93.9 cm³/mol. The standard InChI is InChI=1S/C18H29N3O2/c1-2-3-4-5-7-10-17(22)20-19-15-16-11-12-18(23-16)21-13-8-6-9-14-21/h11-12,15H,2-10,13-14H2,1H3,(H,20,22)/b19-15-. The number of hydrogen-bond donors (Lipinski definition) is 1. The fraction of sp³-hybridized carbons (Fsp3) is 0.667. The number of nitrogens with zero attached hydrogens (tertiary/aromatic N) is 2. The lowest BCUT2D eigenvalue weighted by atomic mass is 10.1. The maximum atomic E-state index is 11.7. The largest absolute Gasteiger partial charge is 0.440 e. The van der Waals surface area contributed by atoms with Crippen molar-refractivity contribution in [2.45, 2.75) is 64.7 Å². The first-order valence-corrected chi connectivity index (χ1v) is 8.96. The van der Waals surface area contributed by atoms with Gasteiger partial charge in [-0.25, -0.2) is 5.43 Å². The number of unbranched alkanes of at least 4 members (excludes halogenated alkanes) is 4. The van der Waals surface area contributed by atoms with Crippen molar-refractivity contribution in [3.05, 3.63) is 17.9 Å². The van der Waals surface area contributed by atoms with E-state index in [1.54, 1.807) is 6.21 Å². The van der Waals surface area contributed by atoms with Crippen LogP contribution in [-0.4, -0.2) is 25.2 Å². The number of nitrogens with one attached hydrogen (secondary N) is 1. The van der Waals surface area contributed by atoms with Crippen LogP contribution < -0.4 is 10.3 Å². The predicted octanol–water partition coefficient (Wildman–Crippen LogP) is 4.08. The van der Waals surface area contributed by atoms with Crippen LogP contribution in [0, 0.1) is 0 Å². The van der Waals surface area contributed by atoms with Gasteiger partial charge in [-0.15, -0.1) is 0 Å². The van der Waals surface area contributed by atoms with Crippen LogP contribution in [0.5, 0.6) is 0 Å². The zero-order valence-electron chi connectivity index (χ0n) is 14.2. The Morgan fingerprint density at radius 1 is 1.22 bits per heavy atom. The Morgan fingerprint density at radius 2 is 2.00 bits per heavy atom. The van der Waals surface area contributed by atoms with Crippen molar-refractivity contribution < 1.29 is 9.21 Å². The molecule has 1 amide bonds. The summed E-state index contributed by atoms with van der Waals surface area (Å²) in [6, 6.07) is 3.87. The van der Waals surface area contributed by atoms with Crippen molar-refractivity contribution in [2.24, 2.45) is 5.10 Å². The molecule has 0 unspecified atom stereocenters. The van der Waals surface area contributed by atoms with E-state index in [0.29, 0.717) is 12.2 Å². The highest BCUT2D eigenvalue weighted by Crippen LogP contribution is 2.21. The summed E-state index contributed by atoms with van der Waals surface area (Å²) >= 11 is 0. The summed E-state index contributed by atoms with van der Waals surface area (Å²) in [4.78, 5) is 13.9. The van der Waals surface area contributed by atoms with E-state index in [-0.39, 0.29) is 5.91 Å². The number of anilines is 1. The second-order valence-corrected chi connectivity index (χ2v) is 6.18. The maximum absolute atomic E-state index is 11.7. The minimum Gasteiger partial charge on any atom is -0.440 e. The van der Waals surface area contributed by atoms with Crippen LogP contribution in [0.4, 0.5) is 5.88 Å². The van der Waals surface area contributed by atoms with E-state index in [1.807, 2.05) is 12.1 Å². The van der Waals surface area contributed by atoms with Crippen LogP contribution in [0.2, 0.25) is 0 Å². The molecule has 0 atom stereocenters. The molecule has 128 valence electrons. The highest BCUT2D eigenvalue weighted by molar-refractivity contribution is 5.80. The normalized spacial score (nSPS) is 15.3. The van der Waals surface area contributed by atoms with Gasteiger partial charge in [-0.2, -0.15) is 5.10 Å². The molecule has 23 heavy (non-hydrogen) atoms. The van der Waals surface area contributed by atoms with Gasteiger partial charge in [0, 0.05) is 25.6 Å². The summed E-state index contributed by atoms with van der Waals surface area (Å²) in [7, 11) is 0. The van der Waals surface area contributed by atoms with Crippen LogP contribution in [0.15, 0.2) is 21.7 Å². The average molecular weight is 319 g/mol. The Bertz CT molecular complexity index is 490. The Labute approximate surface area is 139 Å². The van der Waals surface area contributed by atoms with E-state index in [1.165, 1.54) is 38.5 Å². The molecule has 1 aromatic rings. The number of furan rings is 1. The number of hydrogen-bond acceptors (Lipinski definition) is 4. The molecule has 0 radical (unpaired) electrons. The third-order valence-electron chi connectivity index (χ3n) is 4.17. The monoisotopic (exact) mass is 319 g/mol. The van der Waals surface area contributed by atoms with Crippen molar-refractivity contribution in [3.8, 4) is 0 Å². The van der Waals surface area contributed by atoms with E-state index in [0.717, 1.165) is 31.8 Å². The van der Waals surface area contributed by atoms with Gasteiger partial charge in [-0.3, -0.25) is 4.79 Å². The molecule has 1 fully saturated rings. The number of hydrazone groups is 1. The minimum atomic E-state index is -0.0273. The number of piperidine rings is 1. The van der Waals surface area contributed by atoms with Crippen LogP contribution in [0.25, 0.3) is 0 Å². The highest BCUT2D eigenvalue weighted by Gasteiger charge is 2.13. The van der Waals surface area contributed by atoms with Gasteiger partial charge in [-0.05, 0) is 31.7 Å². The molecule has 5 nitrogen and oxygen atoms in total. The molecular formula is C18H29N3O2. The molecule has 0 aromatic carbocycles. The first-order valence-electron chi connectivity index (χ1n) is 8.96. The summed E-state index contributed by atoms with van der Waals surface area (Å²) in [6.07, 6.45) is 11.6. The fourth-order valence-corrected chi connectivity index (χ4v) is 2.81. The molecule has 2 rings (SSSR count). The van der Waals surface area contributed by atoms with Crippen LogP contribution >= 0.6 is 0 Å². The number of carbonyl (C=O) groups is 1. The molecule has 1 aliphatic heterocycles. The van der Waals surface area contributed by atoms with Gasteiger partial charge in [-0.1, -0.05) is 32.6 Å². The molecule has 0 saturated carbocycles. The third-order valence-corrected chi connectivity index (χ3v) is 4.17. The Morgan fingerprint density at radius 3 is 2.78 bits per heavy atom. The molecule has 1 N–H and O–H groups in total. The minimum absolute atomic E-state index is 0.0273. The third kappa shape index (κ3) is 6.47. The molecular weight excluding hydrogens is 290 g/mol. The van der Waals surface area contributed by atoms with E-state index in [2.05, 4.69) is 22.4 Å². The average Bonchev–Trinajstić information content (AvgIpc) is 3.04.